The Morgan fingerprint density at radius 2 is 1.71 bits per heavy atom. The fraction of sp³-hybridized carbons (Fsp3) is 0.818. The Bertz CT molecular complexity index is 632. The zero-order valence-corrected chi connectivity index (χ0v) is 15.8. The smallest absolute Gasteiger partial charge is 0.155 e. The van der Waals surface area contributed by atoms with Crippen molar-refractivity contribution in [1.82, 2.24) is 0 Å². The molecule has 0 heterocycles. The Balaban J connectivity index is 1.70. The largest absolute Gasteiger partial charge is 0.299 e. The van der Waals surface area contributed by atoms with Crippen molar-refractivity contribution in [1.29, 1.82) is 0 Å². The van der Waals surface area contributed by atoms with Crippen molar-refractivity contribution >= 4 is 11.6 Å². The summed E-state index contributed by atoms with van der Waals surface area (Å²) >= 11 is 0. The van der Waals surface area contributed by atoms with Crippen LogP contribution in [0, 0.1) is 34.0 Å². The standard InChI is InChI=1S/C22H32O2/c1-14(23)21(3)11-9-19-17-6-5-15-13-16(24)7-10-20(15,2)18(17)8-12-22(19,21)4/h13,17-19H,5-12H2,1-4H3/t17-,18+,19-,20+,21-,22+/m1/s1. The summed E-state index contributed by atoms with van der Waals surface area (Å²) in [6.45, 7) is 8.91. The SMILES string of the molecule is CC(=O)[C@@]1(C)CC[C@@H]2[C@@H]3CCC4=CC(=O)CC[C@]4(C)[C@H]3CC[C@@]21C. The summed E-state index contributed by atoms with van der Waals surface area (Å²) in [4.78, 5) is 24.4. The molecule has 4 aliphatic rings. The number of Topliss-reactive ketones (excluding diaryl/α,β-unsaturated/α-hetero) is 1. The van der Waals surface area contributed by atoms with Gasteiger partial charge < -0.3 is 0 Å². The second-order valence-corrected chi connectivity index (χ2v) is 9.85. The van der Waals surface area contributed by atoms with Gasteiger partial charge in [0.05, 0.1) is 0 Å². The quantitative estimate of drug-likeness (QED) is 0.670. The molecule has 0 aliphatic heterocycles. The van der Waals surface area contributed by atoms with E-state index in [0.717, 1.165) is 37.5 Å². The highest BCUT2D eigenvalue weighted by Crippen LogP contribution is 2.69. The maximum atomic E-state index is 12.5. The highest BCUT2D eigenvalue weighted by Gasteiger charge is 2.63. The van der Waals surface area contributed by atoms with Crippen molar-refractivity contribution in [2.75, 3.05) is 0 Å². The molecule has 3 saturated carbocycles. The predicted octanol–water partition coefficient (Wildman–Crippen LogP) is 5.11. The Labute approximate surface area is 146 Å². The molecule has 3 fully saturated rings. The summed E-state index contributed by atoms with van der Waals surface area (Å²) in [7, 11) is 0. The van der Waals surface area contributed by atoms with Crippen LogP contribution in [0.5, 0.6) is 0 Å². The van der Waals surface area contributed by atoms with E-state index in [1.165, 1.54) is 31.3 Å². The van der Waals surface area contributed by atoms with Gasteiger partial charge in [0.1, 0.15) is 5.78 Å². The lowest BCUT2D eigenvalue weighted by atomic mass is 9.45. The van der Waals surface area contributed by atoms with E-state index in [1.54, 1.807) is 0 Å². The van der Waals surface area contributed by atoms with Crippen molar-refractivity contribution in [2.45, 2.75) is 79.1 Å². The molecular weight excluding hydrogens is 296 g/mol. The first-order valence-corrected chi connectivity index (χ1v) is 9.97. The Morgan fingerprint density at radius 3 is 2.42 bits per heavy atom. The van der Waals surface area contributed by atoms with Gasteiger partial charge in [-0.3, -0.25) is 9.59 Å². The van der Waals surface area contributed by atoms with Crippen molar-refractivity contribution in [3.05, 3.63) is 11.6 Å². The molecule has 0 amide bonds. The molecule has 4 aliphatic carbocycles. The third-order valence-electron chi connectivity index (χ3n) is 9.34. The van der Waals surface area contributed by atoms with Crippen LogP contribution >= 0.6 is 0 Å². The molecule has 0 unspecified atom stereocenters. The number of fused-ring (bicyclic) bond motifs is 5. The van der Waals surface area contributed by atoms with Crippen LogP contribution in [0.4, 0.5) is 0 Å². The monoisotopic (exact) mass is 328 g/mol. The fourth-order valence-electron chi connectivity index (χ4n) is 7.40. The summed E-state index contributed by atoms with van der Waals surface area (Å²) in [5.41, 5.74) is 1.74. The van der Waals surface area contributed by atoms with E-state index in [1.807, 2.05) is 13.0 Å². The van der Waals surface area contributed by atoms with Crippen LogP contribution < -0.4 is 0 Å². The van der Waals surface area contributed by atoms with Crippen LogP contribution in [0.2, 0.25) is 0 Å². The first kappa shape index (κ1) is 16.5. The zero-order valence-electron chi connectivity index (χ0n) is 15.8. The molecule has 0 aromatic carbocycles. The maximum Gasteiger partial charge on any atom is 0.155 e. The number of rotatable bonds is 1. The van der Waals surface area contributed by atoms with E-state index in [0.29, 0.717) is 17.5 Å². The molecule has 2 heteroatoms. The molecule has 0 radical (unpaired) electrons. The van der Waals surface area contributed by atoms with E-state index >= 15 is 0 Å². The minimum absolute atomic E-state index is 0.123. The van der Waals surface area contributed by atoms with Gasteiger partial charge in [-0.15, -0.1) is 0 Å². The average Bonchev–Trinajstić information content (AvgIpc) is 2.81. The van der Waals surface area contributed by atoms with Crippen LogP contribution in [-0.2, 0) is 9.59 Å². The molecule has 24 heavy (non-hydrogen) atoms. The highest BCUT2D eigenvalue weighted by atomic mass is 16.1. The van der Waals surface area contributed by atoms with Gasteiger partial charge in [0.15, 0.2) is 5.78 Å². The van der Waals surface area contributed by atoms with Gasteiger partial charge in [0.2, 0.25) is 0 Å². The first-order valence-electron chi connectivity index (χ1n) is 9.97. The number of carbonyl (C=O) groups excluding carboxylic acids is 2. The molecule has 4 rings (SSSR count). The lowest BCUT2D eigenvalue weighted by molar-refractivity contribution is -0.139. The summed E-state index contributed by atoms with van der Waals surface area (Å²) in [5.74, 6) is 2.91. The van der Waals surface area contributed by atoms with Gasteiger partial charge in [-0.2, -0.15) is 0 Å². The molecule has 0 aromatic rings. The van der Waals surface area contributed by atoms with Crippen LogP contribution in [0.25, 0.3) is 0 Å². The Morgan fingerprint density at radius 1 is 1.00 bits per heavy atom. The Hall–Kier alpha value is -0.920. The molecule has 0 aromatic heterocycles. The number of hydrogen-bond acceptors (Lipinski definition) is 2. The van der Waals surface area contributed by atoms with Gasteiger partial charge in [0.25, 0.3) is 0 Å². The molecule has 2 nitrogen and oxygen atoms in total. The van der Waals surface area contributed by atoms with Gasteiger partial charge in [-0.1, -0.05) is 26.3 Å². The third kappa shape index (κ3) is 1.89. The molecule has 0 saturated heterocycles. The van der Waals surface area contributed by atoms with Crippen molar-refractivity contribution in [2.24, 2.45) is 34.0 Å². The maximum absolute atomic E-state index is 12.5. The summed E-state index contributed by atoms with van der Waals surface area (Å²) in [6.07, 6.45) is 10.8. The van der Waals surface area contributed by atoms with E-state index < -0.39 is 0 Å². The number of ketones is 2. The predicted molar refractivity (Wildman–Crippen MR) is 95.5 cm³/mol. The third-order valence-corrected chi connectivity index (χ3v) is 9.34. The summed E-state index contributed by atoms with van der Waals surface area (Å²) in [5, 5.41) is 0. The second-order valence-electron chi connectivity index (χ2n) is 9.85. The molecule has 0 spiro atoms. The average molecular weight is 328 g/mol. The highest BCUT2D eigenvalue weighted by molar-refractivity contribution is 5.91. The molecule has 6 atom stereocenters. The number of hydrogen-bond donors (Lipinski definition) is 0. The zero-order chi connectivity index (χ0) is 17.3. The van der Waals surface area contributed by atoms with Gasteiger partial charge >= 0.3 is 0 Å². The summed E-state index contributed by atoms with van der Waals surface area (Å²) < 4.78 is 0. The van der Waals surface area contributed by atoms with Gasteiger partial charge in [0, 0.05) is 11.8 Å². The fourth-order valence-corrected chi connectivity index (χ4v) is 7.40. The van der Waals surface area contributed by atoms with Gasteiger partial charge in [-0.25, -0.2) is 0 Å². The number of allylic oxidation sites excluding steroid dienone is 1. The van der Waals surface area contributed by atoms with Crippen LogP contribution in [0.3, 0.4) is 0 Å². The lowest BCUT2D eigenvalue weighted by Gasteiger charge is -2.59. The van der Waals surface area contributed by atoms with Crippen molar-refractivity contribution in [3.8, 4) is 0 Å². The molecule has 132 valence electrons. The number of carbonyl (C=O) groups is 2. The second kappa shape index (κ2) is 5.05. The van der Waals surface area contributed by atoms with Crippen LogP contribution in [0.15, 0.2) is 11.6 Å². The van der Waals surface area contributed by atoms with Crippen molar-refractivity contribution < 1.29 is 9.59 Å². The van der Waals surface area contributed by atoms with E-state index in [-0.39, 0.29) is 16.2 Å². The van der Waals surface area contributed by atoms with Crippen molar-refractivity contribution in [3.63, 3.8) is 0 Å². The molecule has 0 bridgehead atoms. The Kier molecular flexibility index (Phi) is 3.48. The van der Waals surface area contributed by atoms with E-state index in [4.69, 9.17) is 0 Å². The summed E-state index contributed by atoms with van der Waals surface area (Å²) in [6, 6.07) is 0. The van der Waals surface area contributed by atoms with Crippen LogP contribution in [0.1, 0.15) is 79.1 Å². The molecule has 0 N–H and O–H groups in total. The van der Waals surface area contributed by atoms with Crippen LogP contribution in [-0.4, -0.2) is 11.6 Å². The first-order chi connectivity index (χ1) is 11.2. The van der Waals surface area contributed by atoms with E-state index in [9.17, 15) is 9.59 Å². The van der Waals surface area contributed by atoms with Gasteiger partial charge in [-0.05, 0) is 86.5 Å². The molecular formula is C22H32O2. The lowest BCUT2D eigenvalue weighted by Crippen LogP contribution is -2.53. The topological polar surface area (TPSA) is 34.1 Å². The minimum atomic E-state index is -0.123. The van der Waals surface area contributed by atoms with E-state index in [2.05, 4.69) is 20.8 Å². The minimum Gasteiger partial charge on any atom is -0.299 e. The normalized spacial score (nSPS) is 50.6.